The molecule has 0 saturated heterocycles. The van der Waals surface area contributed by atoms with Crippen molar-refractivity contribution in [1.82, 2.24) is 10.3 Å². The molecule has 3 N–H and O–H groups in total. The first-order chi connectivity index (χ1) is 11.8. The number of pyridine rings is 1. The Balaban J connectivity index is 2.19. The Bertz CT molecular complexity index is 1020. The van der Waals surface area contributed by atoms with Gasteiger partial charge < -0.3 is 20.4 Å². The van der Waals surface area contributed by atoms with Gasteiger partial charge in [-0.05, 0) is 18.2 Å². The number of halogens is 1. The predicted octanol–water partition coefficient (Wildman–Crippen LogP) is 2.69. The fourth-order valence-electron chi connectivity index (χ4n) is 2.45. The van der Waals surface area contributed by atoms with Crippen molar-refractivity contribution in [3.05, 3.63) is 29.0 Å². The van der Waals surface area contributed by atoms with Gasteiger partial charge in [0.15, 0.2) is 11.4 Å². The summed E-state index contributed by atoms with van der Waals surface area (Å²) < 4.78 is 1.33. The lowest BCUT2D eigenvalue weighted by atomic mass is 10.1. The summed E-state index contributed by atoms with van der Waals surface area (Å²) >= 11 is 7.56. The first-order valence-corrected chi connectivity index (χ1v) is 8.41. The molecule has 2 heterocycles. The van der Waals surface area contributed by atoms with Crippen LogP contribution in [0, 0.1) is 0 Å². The number of rotatable bonds is 4. The highest BCUT2D eigenvalue weighted by Crippen LogP contribution is 2.43. The van der Waals surface area contributed by atoms with Crippen molar-refractivity contribution in [2.24, 2.45) is 0 Å². The number of carbonyl (C=O) groups excluding carboxylic acids is 1. The molecule has 0 fully saturated rings. The molecule has 3 aromatic rings. The van der Waals surface area contributed by atoms with Crippen LogP contribution in [-0.2, 0) is 4.79 Å². The van der Waals surface area contributed by atoms with Gasteiger partial charge >= 0.3 is 5.97 Å². The topological polar surface area (TPSA) is 103 Å². The Morgan fingerprint density at radius 1 is 1.36 bits per heavy atom. The molecule has 25 heavy (non-hydrogen) atoms. The number of nitrogens with zero attached hydrogens (tertiary/aromatic N) is 2. The van der Waals surface area contributed by atoms with Crippen molar-refractivity contribution in [1.29, 1.82) is 0 Å². The van der Waals surface area contributed by atoms with Crippen LogP contribution in [-0.4, -0.2) is 47.7 Å². The summed E-state index contributed by atoms with van der Waals surface area (Å²) in [6.45, 7) is -0.575. The van der Waals surface area contributed by atoms with E-state index in [1.807, 2.05) is 37.2 Å². The number of aromatic nitrogens is 1. The van der Waals surface area contributed by atoms with Crippen molar-refractivity contribution in [3.8, 4) is 5.75 Å². The summed E-state index contributed by atoms with van der Waals surface area (Å²) in [5.74, 6) is -2.30. The van der Waals surface area contributed by atoms with E-state index in [4.69, 9.17) is 16.7 Å². The number of aliphatic carboxylic acids is 1. The van der Waals surface area contributed by atoms with Gasteiger partial charge in [-0.1, -0.05) is 11.6 Å². The molecule has 0 unspecified atom stereocenters. The lowest BCUT2D eigenvalue weighted by Crippen LogP contribution is -2.30. The summed E-state index contributed by atoms with van der Waals surface area (Å²) in [5.41, 5.74) is 0.671. The molecule has 3 rings (SSSR count). The predicted molar refractivity (Wildman–Crippen MR) is 98.1 cm³/mol. The second kappa shape index (κ2) is 6.38. The zero-order chi connectivity index (χ0) is 18.3. The number of thiophene rings is 1. The molecule has 0 aliphatic rings. The third-order valence-electron chi connectivity index (χ3n) is 3.66. The number of carboxylic acids is 1. The fourth-order valence-corrected chi connectivity index (χ4v) is 3.91. The van der Waals surface area contributed by atoms with Crippen LogP contribution < -0.4 is 10.2 Å². The standard InChI is InChI=1S/C16H14ClN3O4S/c1-20(2)7-3-4-9-8(5-7)11-14(25-9)13(23)12(19-15(11)17)16(24)18-6-10(21)22/h3-5,23H,6H2,1-2H3,(H,18,24)(H,21,22). The summed E-state index contributed by atoms with van der Waals surface area (Å²) in [5, 5.41) is 22.7. The Labute approximate surface area is 151 Å². The minimum atomic E-state index is -1.20. The van der Waals surface area contributed by atoms with Crippen LogP contribution >= 0.6 is 22.9 Å². The molecule has 0 aliphatic heterocycles. The highest BCUT2D eigenvalue weighted by atomic mass is 35.5. The number of amides is 1. The number of benzene rings is 1. The van der Waals surface area contributed by atoms with Crippen LogP contribution in [0.4, 0.5) is 5.69 Å². The third-order valence-corrected chi connectivity index (χ3v) is 5.11. The summed E-state index contributed by atoms with van der Waals surface area (Å²) in [7, 11) is 3.83. The van der Waals surface area contributed by atoms with E-state index in [0.29, 0.717) is 10.1 Å². The Kier molecular flexibility index (Phi) is 4.40. The number of carbonyl (C=O) groups is 2. The van der Waals surface area contributed by atoms with Gasteiger partial charge in [0.05, 0.1) is 4.70 Å². The van der Waals surface area contributed by atoms with Gasteiger partial charge in [0.25, 0.3) is 5.91 Å². The minimum Gasteiger partial charge on any atom is -0.504 e. The Morgan fingerprint density at radius 3 is 2.72 bits per heavy atom. The van der Waals surface area contributed by atoms with Gasteiger partial charge in [-0.15, -0.1) is 11.3 Å². The molecule has 0 aliphatic carbocycles. The second-order valence-corrected chi connectivity index (χ2v) is 6.97. The molecule has 0 radical (unpaired) electrons. The van der Waals surface area contributed by atoms with E-state index in [2.05, 4.69) is 10.3 Å². The highest BCUT2D eigenvalue weighted by molar-refractivity contribution is 7.26. The van der Waals surface area contributed by atoms with Crippen LogP contribution in [0.2, 0.25) is 5.15 Å². The van der Waals surface area contributed by atoms with Crippen LogP contribution in [0.3, 0.4) is 0 Å². The quantitative estimate of drug-likeness (QED) is 0.602. The van der Waals surface area contributed by atoms with Crippen LogP contribution in [0.25, 0.3) is 20.2 Å². The van der Waals surface area contributed by atoms with Crippen molar-refractivity contribution >= 4 is 60.7 Å². The first-order valence-electron chi connectivity index (χ1n) is 7.21. The molecule has 0 saturated carbocycles. The minimum absolute atomic E-state index is 0.0791. The van der Waals surface area contributed by atoms with E-state index in [-0.39, 0.29) is 16.6 Å². The van der Waals surface area contributed by atoms with Crippen molar-refractivity contribution < 1.29 is 19.8 Å². The molecular formula is C16H14ClN3O4S. The fraction of sp³-hybridized carbons (Fsp3) is 0.188. The summed E-state index contributed by atoms with van der Waals surface area (Å²) in [6.07, 6.45) is 0. The maximum Gasteiger partial charge on any atom is 0.322 e. The number of anilines is 1. The maximum atomic E-state index is 12.1. The smallest absolute Gasteiger partial charge is 0.322 e. The molecule has 9 heteroatoms. The number of aromatic hydroxyl groups is 1. The molecular weight excluding hydrogens is 366 g/mol. The average Bonchev–Trinajstić information content (AvgIpc) is 2.95. The van der Waals surface area contributed by atoms with E-state index in [1.54, 1.807) is 0 Å². The van der Waals surface area contributed by atoms with Gasteiger partial charge in [-0.2, -0.15) is 0 Å². The number of carboxylic acid groups (broad SMARTS) is 1. The monoisotopic (exact) mass is 379 g/mol. The molecule has 0 atom stereocenters. The van der Waals surface area contributed by atoms with Crippen LogP contribution in [0.15, 0.2) is 18.2 Å². The van der Waals surface area contributed by atoms with Gasteiger partial charge in [-0.3, -0.25) is 9.59 Å². The van der Waals surface area contributed by atoms with Crippen molar-refractivity contribution in [2.75, 3.05) is 25.5 Å². The average molecular weight is 380 g/mol. The molecule has 2 aromatic heterocycles. The zero-order valence-electron chi connectivity index (χ0n) is 13.3. The maximum absolute atomic E-state index is 12.1. The SMILES string of the molecule is CN(C)c1ccc2sc3c(O)c(C(=O)NCC(=O)O)nc(Cl)c3c2c1. The normalized spacial score (nSPS) is 11.0. The van der Waals surface area contributed by atoms with Gasteiger partial charge in [-0.25, -0.2) is 4.98 Å². The zero-order valence-corrected chi connectivity index (χ0v) is 14.9. The largest absolute Gasteiger partial charge is 0.504 e. The molecule has 0 spiro atoms. The molecule has 0 bridgehead atoms. The van der Waals surface area contributed by atoms with E-state index in [9.17, 15) is 14.7 Å². The van der Waals surface area contributed by atoms with Gasteiger partial charge in [0, 0.05) is 35.3 Å². The van der Waals surface area contributed by atoms with E-state index < -0.39 is 18.4 Å². The number of hydrogen-bond donors (Lipinski definition) is 3. The number of nitrogens with one attached hydrogen (secondary N) is 1. The highest BCUT2D eigenvalue weighted by Gasteiger charge is 2.22. The molecule has 1 amide bonds. The van der Waals surface area contributed by atoms with Crippen molar-refractivity contribution in [3.63, 3.8) is 0 Å². The van der Waals surface area contributed by atoms with Gasteiger partial charge in [0.2, 0.25) is 0 Å². The van der Waals surface area contributed by atoms with E-state index >= 15 is 0 Å². The number of fused-ring (bicyclic) bond motifs is 3. The van der Waals surface area contributed by atoms with E-state index in [0.717, 1.165) is 15.8 Å². The lowest BCUT2D eigenvalue weighted by Gasteiger charge is -2.12. The van der Waals surface area contributed by atoms with E-state index in [1.165, 1.54) is 11.3 Å². The molecule has 7 nitrogen and oxygen atoms in total. The molecule has 1 aromatic carbocycles. The Hall–Kier alpha value is -2.58. The van der Waals surface area contributed by atoms with Crippen molar-refractivity contribution in [2.45, 2.75) is 0 Å². The number of hydrogen-bond acceptors (Lipinski definition) is 6. The second-order valence-electron chi connectivity index (χ2n) is 5.56. The van der Waals surface area contributed by atoms with Crippen LogP contribution in [0.5, 0.6) is 5.75 Å². The summed E-state index contributed by atoms with van der Waals surface area (Å²) in [4.78, 5) is 28.6. The molecule has 130 valence electrons. The van der Waals surface area contributed by atoms with Gasteiger partial charge in [0.1, 0.15) is 11.7 Å². The first kappa shape index (κ1) is 17.2. The Morgan fingerprint density at radius 2 is 2.08 bits per heavy atom. The summed E-state index contributed by atoms with van der Waals surface area (Å²) in [6, 6.07) is 5.79. The van der Waals surface area contributed by atoms with Crippen LogP contribution in [0.1, 0.15) is 10.5 Å². The third kappa shape index (κ3) is 3.06. The lowest BCUT2D eigenvalue weighted by molar-refractivity contribution is -0.135.